The standard InChI is InChI=1S/C15H23NO2S/c1-3-13-5-6-15(19-13)14(17)11-16-9-7-12(8-10-16)18-4-2/h5-6,12H,3-4,7-11H2,1-2H3. The molecule has 1 aromatic heterocycles. The number of thiophene rings is 1. The fraction of sp³-hybridized carbons (Fsp3) is 0.667. The van der Waals surface area contributed by atoms with Gasteiger partial charge in [0.15, 0.2) is 5.78 Å². The topological polar surface area (TPSA) is 29.5 Å². The number of nitrogens with zero attached hydrogens (tertiary/aromatic N) is 1. The number of likely N-dealkylation sites (tertiary alicyclic amines) is 1. The van der Waals surface area contributed by atoms with E-state index in [0.29, 0.717) is 12.6 Å². The summed E-state index contributed by atoms with van der Waals surface area (Å²) in [5.41, 5.74) is 0. The van der Waals surface area contributed by atoms with Gasteiger partial charge in [0.25, 0.3) is 0 Å². The first-order valence-electron chi connectivity index (χ1n) is 7.18. The number of ether oxygens (including phenoxy) is 1. The predicted molar refractivity (Wildman–Crippen MR) is 79.1 cm³/mol. The molecule has 1 aliphatic heterocycles. The zero-order valence-electron chi connectivity index (χ0n) is 11.9. The number of carbonyl (C=O) groups is 1. The first-order valence-corrected chi connectivity index (χ1v) is 8.00. The Hall–Kier alpha value is -0.710. The Bertz CT molecular complexity index is 408. The number of Topliss-reactive ketones (excluding diaryl/α,β-unsaturated/α-hetero) is 1. The molecule has 19 heavy (non-hydrogen) atoms. The fourth-order valence-corrected chi connectivity index (χ4v) is 3.35. The quantitative estimate of drug-likeness (QED) is 0.751. The van der Waals surface area contributed by atoms with Crippen molar-refractivity contribution in [2.24, 2.45) is 0 Å². The maximum absolute atomic E-state index is 12.2. The van der Waals surface area contributed by atoms with Gasteiger partial charge in [0.05, 0.1) is 17.5 Å². The molecule has 106 valence electrons. The van der Waals surface area contributed by atoms with Crippen molar-refractivity contribution in [2.45, 2.75) is 39.2 Å². The Balaban J connectivity index is 1.80. The minimum atomic E-state index is 0.263. The lowest BCUT2D eigenvalue weighted by Gasteiger charge is -2.31. The zero-order valence-corrected chi connectivity index (χ0v) is 12.7. The molecule has 1 fully saturated rings. The van der Waals surface area contributed by atoms with Gasteiger partial charge in [0.1, 0.15) is 0 Å². The Morgan fingerprint density at radius 1 is 1.37 bits per heavy atom. The van der Waals surface area contributed by atoms with E-state index in [1.807, 2.05) is 13.0 Å². The van der Waals surface area contributed by atoms with Crippen LogP contribution in [0, 0.1) is 0 Å². The average molecular weight is 281 g/mol. The van der Waals surface area contributed by atoms with Crippen LogP contribution in [-0.2, 0) is 11.2 Å². The molecule has 0 unspecified atom stereocenters. The molecular formula is C15H23NO2S. The van der Waals surface area contributed by atoms with Crippen LogP contribution in [0.2, 0.25) is 0 Å². The van der Waals surface area contributed by atoms with E-state index in [1.165, 1.54) is 4.88 Å². The van der Waals surface area contributed by atoms with Crippen molar-refractivity contribution in [1.82, 2.24) is 4.90 Å². The van der Waals surface area contributed by atoms with Gasteiger partial charge in [-0.25, -0.2) is 0 Å². The molecule has 1 aliphatic rings. The second kappa shape index (κ2) is 7.17. The Morgan fingerprint density at radius 2 is 2.11 bits per heavy atom. The summed E-state index contributed by atoms with van der Waals surface area (Å²) in [6, 6.07) is 4.04. The van der Waals surface area contributed by atoms with Crippen molar-refractivity contribution in [3.63, 3.8) is 0 Å². The molecule has 2 rings (SSSR count). The van der Waals surface area contributed by atoms with Gasteiger partial charge in [-0.2, -0.15) is 0 Å². The highest BCUT2D eigenvalue weighted by atomic mass is 32.1. The van der Waals surface area contributed by atoms with Gasteiger partial charge >= 0.3 is 0 Å². The van der Waals surface area contributed by atoms with Crippen molar-refractivity contribution >= 4 is 17.1 Å². The summed E-state index contributed by atoms with van der Waals surface area (Å²) in [6.45, 7) is 7.46. The molecule has 0 N–H and O–H groups in total. The van der Waals surface area contributed by atoms with Gasteiger partial charge in [-0.15, -0.1) is 11.3 Å². The van der Waals surface area contributed by atoms with Crippen LogP contribution < -0.4 is 0 Å². The summed E-state index contributed by atoms with van der Waals surface area (Å²) >= 11 is 1.64. The van der Waals surface area contributed by atoms with Crippen LogP contribution >= 0.6 is 11.3 Å². The Morgan fingerprint density at radius 3 is 2.68 bits per heavy atom. The van der Waals surface area contributed by atoms with E-state index in [1.54, 1.807) is 11.3 Å². The minimum absolute atomic E-state index is 0.263. The maximum Gasteiger partial charge on any atom is 0.186 e. The van der Waals surface area contributed by atoms with Gasteiger partial charge in [0, 0.05) is 24.6 Å². The molecule has 0 amide bonds. The van der Waals surface area contributed by atoms with E-state index in [0.717, 1.165) is 43.8 Å². The van der Waals surface area contributed by atoms with Crippen LogP contribution in [0.15, 0.2) is 12.1 Å². The van der Waals surface area contributed by atoms with Gasteiger partial charge in [0.2, 0.25) is 0 Å². The largest absolute Gasteiger partial charge is 0.378 e. The molecule has 0 radical (unpaired) electrons. The summed E-state index contributed by atoms with van der Waals surface area (Å²) in [5.74, 6) is 0.263. The number of piperidine rings is 1. The molecule has 0 aromatic carbocycles. The highest BCUT2D eigenvalue weighted by Gasteiger charge is 2.21. The lowest BCUT2D eigenvalue weighted by Crippen LogP contribution is -2.39. The van der Waals surface area contributed by atoms with Crippen molar-refractivity contribution in [3.8, 4) is 0 Å². The SMILES string of the molecule is CCOC1CCN(CC(=O)c2ccc(CC)s2)CC1. The van der Waals surface area contributed by atoms with Crippen LogP contribution in [0.25, 0.3) is 0 Å². The summed E-state index contributed by atoms with van der Waals surface area (Å²) in [7, 11) is 0. The molecule has 0 aliphatic carbocycles. The number of rotatable bonds is 6. The van der Waals surface area contributed by atoms with E-state index in [-0.39, 0.29) is 5.78 Å². The maximum atomic E-state index is 12.2. The molecule has 1 saturated heterocycles. The fourth-order valence-electron chi connectivity index (χ4n) is 2.47. The molecule has 3 nitrogen and oxygen atoms in total. The summed E-state index contributed by atoms with van der Waals surface area (Å²) in [6.07, 6.45) is 3.50. The second-order valence-electron chi connectivity index (χ2n) is 4.97. The third-order valence-electron chi connectivity index (χ3n) is 3.59. The zero-order chi connectivity index (χ0) is 13.7. The lowest BCUT2D eigenvalue weighted by molar-refractivity contribution is 0.0148. The Labute approximate surface area is 119 Å². The highest BCUT2D eigenvalue weighted by molar-refractivity contribution is 7.14. The van der Waals surface area contributed by atoms with Crippen molar-refractivity contribution in [3.05, 3.63) is 21.9 Å². The van der Waals surface area contributed by atoms with E-state index in [9.17, 15) is 4.79 Å². The van der Waals surface area contributed by atoms with Crippen molar-refractivity contribution in [2.75, 3.05) is 26.2 Å². The third-order valence-corrected chi connectivity index (χ3v) is 4.86. The minimum Gasteiger partial charge on any atom is -0.378 e. The molecule has 2 heterocycles. The molecule has 0 saturated carbocycles. The second-order valence-corrected chi connectivity index (χ2v) is 6.14. The third kappa shape index (κ3) is 4.13. The first-order chi connectivity index (χ1) is 9.22. The number of aryl methyl sites for hydroxylation is 1. The Kier molecular flexibility index (Phi) is 5.55. The van der Waals surface area contributed by atoms with Gasteiger partial charge in [-0.05, 0) is 38.3 Å². The number of ketones is 1. The van der Waals surface area contributed by atoms with Crippen molar-refractivity contribution in [1.29, 1.82) is 0 Å². The normalized spacial score (nSPS) is 17.8. The predicted octanol–water partition coefficient (Wildman–Crippen LogP) is 2.99. The molecular weight excluding hydrogens is 258 g/mol. The number of hydrogen-bond donors (Lipinski definition) is 0. The summed E-state index contributed by atoms with van der Waals surface area (Å²) in [5, 5.41) is 0. The van der Waals surface area contributed by atoms with E-state index in [4.69, 9.17) is 4.74 Å². The van der Waals surface area contributed by atoms with Gasteiger partial charge in [-0.3, -0.25) is 9.69 Å². The van der Waals surface area contributed by atoms with E-state index in [2.05, 4.69) is 17.9 Å². The average Bonchev–Trinajstić information content (AvgIpc) is 2.90. The molecule has 4 heteroatoms. The molecule has 0 atom stereocenters. The number of hydrogen-bond acceptors (Lipinski definition) is 4. The lowest BCUT2D eigenvalue weighted by atomic mass is 10.1. The highest BCUT2D eigenvalue weighted by Crippen LogP contribution is 2.19. The molecule has 0 bridgehead atoms. The van der Waals surface area contributed by atoms with Crippen LogP contribution in [0.4, 0.5) is 0 Å². The number of carbonyl (C=O) groups excluding carboxylic acids is 1. The van der Waals surface area contributed by atoms with Crippen LogP contribution in [0.1, 0.15) is 41.2 Å². The molecule has 1 aromatic rings. The first kappa shape index (κ1) is 14.7. The van der Waals surface area contributed by atoms with Crippen molar-refractivity contribution < 1.29 is 9.53 Å². The van der Waals surface area contributed by atoms with Crippen LogP contribution in [0.5, 0.6) is 0 Å². The molecule has 0 spiro atoms. The van der Waals surface area contributed by atoms with Crippen LogP contribution in [-0.4, -0.2) is 43.0 Å². The monoisotopic (exact) mass is 281 g/mol. The van der Waals surface area contributed by atoms with Gasteiger partial charge in [-0.1, -0.05) is 6.92 Å². The summed E-state index contributed by atoms with van der Waals surface area (Å²) in [4.78, 5) is 16.6. The van der Waals surface area contributed by atoms with Gasteiger partial charge < -0.3 is 4.74 Å². The van der Waals surface area contributed by atoms with E-state index < -0.39 is 0 Å². The smallest absolute Gasteiger partial charge is 0.186 e. The van der Waals surface area contributed by atoms with Crippen LogP contribution in [0.3, 0.4) is 0 Å². The van der Waals surface area contributed by atoms with E-state index >= 15 is 0 Å². The summed E-state index contributed by atoms with van der Waals surface area (Å²) < 4.78 is 5.63.